The van der Waals surface area contributed by atoms with E-state index >= 15 is 0 Å². The van der Waals surface area contributed by atoms with E-state index in [0.29, 0.717) is 11.5 Å². The molecule has 1 atom stereocenters. The molecule has 0 radical (unpaired) electrons. The van der Waals surface area contributed by atoms with Crippen LogP contribution in [0.5, 0.6) is 0 Å². The van der Waals surface area contributed by atoms with E-state index in [1.165, 1.54) is 0 Å². The number of hydrogen-bond donors (Lipinski definition) is 1. The molecule has 0 bridgehead atoms. The fourth-order valence-corrected chi connectivity index (χ4v) is 3.22. The zero-order valence-electron chi connectivity index (χ0n) is 16.7. The van der Waals surface area contributed by atoms with E-state index in [4.69, 9.17) is 0 Å². The van der Waals surface area contributed by atoms with Gasteiger partial charge in [0.2, 0.25) is 0 Å². The first-order chi connectivity index (χ1) is 12.6. The molecule has 6 heteroatoms. The maximum absolute atomic E-state index is 12.2. The molecule has 0 amide bonds. The Hall–Kier alpha value is -2.60. The molecule has 1 N–H and O–H groups in total. The van der Waals surface area contributed by atoms with E-state index in [-0.39, 0.29) is 11.2 Å². The molecular formula is C21H26N4O2. The summed E-state index contributed by atoms with van der Waals surface area (Å²) in [7, 11) is 0. The minimum atomic E-state index is -0.705. The Kier molecular flexibility index (Phi) is 4.86. The topological polar surface area (TPSA) is 80.9 Å². The van der Waals surface area contributed by atoms with Crippen molar-refractivity contribution in [3.05, 3.63) is 41.6 Å². The molecule has 0 spiro atoms. The van der Waals surface area contributed by atoms with Crippen LogP contribution in [0.15, 0.2) is 24.5 Å². The van der Waals surface area contributed by atoms with Crippen LogP contribution in [-0.2, 0) is 6.54 Å². The van der Waals surface area contributed by atoms with Crippen LogP contribution in [0.1, 0.15) is 62.6 Å². The molecule has 0 aliphatic heterocycles. The van der Waals surface area contributed by atoms with Crippen LogP contribution in [-0.4, -0.2) is 30.6 Å². The lowest BCUT2D eigenvalue weighted by atomic mass is 9.96. The first-order valence-corrected chi connectivity index (χ1v) is 9.09. The molecule has 142 valence electrons. The largest absolute Gasteiger partial charge is 0.385 e. The molecule has 6 nitrogen and oxygen atoms in total. The molecule has 0 unspecified atom stereocenters. The lowest BCUT2D eigenvalue weighted by Crippen LogP contribution is -2.17. The maximum atomic E-state index is 12.2. The van der Waals surface area contributed by atoms with Crippen molar-refractivity contribution in [2.45, 2.75) is 54.2 Å². The number of fused-ring (bicyclic) bond motifs is 1. The number of carbonyl (C=O) groups excluding carboxylic acids is 1. The number of aliphatic hydroxyl groups excluding tert-OH is 1. The van der Waals surface area contributed by atoms with Crippen molar-refractivity contribution in [3.8, 4) is 11.1 Å². The summed E-state index contributed by atoms with van der Waals surface area (Å²) in [5.74, 6) is 0.337. The van der Waals surface area contributed by atoms with Crippen molar-refractivity contribution in [1.29, 1.82) is 0 Å². The van der Waals surface area contributed by atoms with Crippen LogP contribution >= 0.6 is 0 Å². The summed E-state index contributed by atoms with van der Waals surface area (Å²) in [5.41, 5.74) is 4.33. The van der Waals surface area contributed by atoms with E-state index in [0.717, 1.165) is 34.1 Å². The van der Waals surface area contributed by atoms with E-state index < -0.39 is 6.10 Å². The summed E-state index contributed by atoms with van der Waals surface area (Å²) >= 11 is 0. The Labute approximate surface area is 159 Å². The average Bonchev–Trinajstić information content (AvgIpc) is 2.92. The number of aromatic nitrogens is 4. The average molecular weight is 366 g/mol. The van der Waals surface area contributed by atoms with Gasteiger partial charge < -0.3 is 5.11 Å². The number of rotatable bonds is 4. The minimum absolute atomic E-state index is 0.0444. The number of aryl methyl sites for hydroxylation is 1. The Bertz CT molecular complexity index is 996. The molecule has 0 aliphatic carbocycles. The van der Waals surface area contributed by atoms with E-state index in [1.54, 1.807) is 26.2 Å². The number of benzene rings is 1. The molecule has 1 aromatic carbocycles. The van der Waals surface area contributed by atoms with Gasteiger partial charge in [-0.15, -0.1) is 0 Å². The van der Waals surface area contributed by atoms with Crippen molar-refractivity contribution >= 4 is 16.7 Å². The normalized spacial score (nSPS) is 13.1. The maximum Gasteiger partial charge on any atom is 0.180 e. The number of carbonyl (C=O) groups is 1. The highest BCUT2D eigenvalue weighted by molar-refractivity contribution is 6.06. The number of Topliss-reactive ketones (excluding diaryl/α,β-unsaturated/α-hetero) is 1. The second-order valence-corrected chi connectivity index (χ2v) is 8.32. The highest BCUT2D eigenvalue weighted by Gasteiger charge is 2.21. The predicted molar refractivity (Wildman–Crippen MR) is 106 cm³/mol. The molecule has 3 aromatic rings. The van der Waals surface area contributed by atoms with Gasteiger partial charge in [0.25, 0.3) is 0 Å². The van der Waals surface area contributed by atoms with Gasteiger partial charge in [0.1, 0.15) is 11.8 Å². The Morgan fingerprint density at radius 3 is 2.33 bits per heavy atom. The SMILES string of the molecule is CC(=O)c1nn(CC(C)(C)C)c2c(C)cc(-c3cnc([C@@H](C)O)nc3)cc12. The van der Waals surface area contributed by atoms with Crippen LogP contribution in [0.25, 0.3) is 22.0 Å². The third-order valence-electron chi connectivity index (χ3n) is 4.37. The monoisotopic (exact) mass is 366 g/mol. The van der Waals surface area contributed by atoms with Gasteiger partial charge in [-0.25, -0.2) is 9.97 Å². The third kappa shape index (κ3) is 3.90. The van der Waals surface area contributed by atoms with Gasteiger partial charge in [-0.05, 0) is 42.5 Å². The van der Waals surface area contributed by atoms with Crippen molar-refractivity contribution < 1.29 is 9.90 Å². The Morgan fingerprint density at radius 1 is 1.19 bits per heavy atom. The summed E-state index contributed by atoms with van der Waals surface area (Å²) in [4.78, 5) is 20.6. The molecule has 2 heterocycles. The summed E-state index contributed by atoms with van der Waals surface area (Å²) in [6.45, 7) is 12.4. The van der Waals surface area contributed by atoms with Crippen molar-refractivity contribution in [2.75, 3.05) is 0 Å². The van der Waals surface area contributed by atoms with Crippen LogP contribution in [0.3, 0.4) is 0 Å². The van der Waals surface area contributed by atoms with E-state index in [9.17, 15) is 9.90 Å². The van der Waals surface area contributed by atoms with Gasteiger partial charge in [0.15, 0.2) is 11.6 Å². The molecule has 3 rings (SSSR count). The van der Waals surface area contributed by atoms with Crippen molar-refractivity contribution in [3.63, 3.8) is 0 Å². The second kappa shape index (κ2) is 6.85. The minimum Gasteiger partial charge on any atom is -0.385 e. The molecule has 0 saturated carbocycles. The molecule has 0 saturated heterocycles. The lowest BCUT2D eigenvalue weighted by Gasteiger charge is -2.19. The van der Waals surface area contributed by atoms with Gasteiger partial charge in [-0.1, -0.05) is 20.8 Å². The first kappa shape index (κ1) is 19.2. The predicted octanol–water partition coefficient (Wildman–Crippen LogP) is 4.10. The summed E-state index contributed by atoms with van der Waals surface area (Å²) < 4.78 is 1.94. The molecule has 2 aromatic heterocycles. The number of hydrogen-bond acceptors (Lipinski definition) is 5. The third-order valence-corrected chi connectivity index (χ3v) is 4.37. The van der Waals surface area contributed by atoms with Gasteiger partial charge in [-0.2, -0.15) is 5.10 Å². The highest BCUT2D eigenvalue weighted by atomic mass is 16.3. The Morgan fingerprint density at radius 2 is 1.81 bits per heavy atom. The van der Waals surface area contributed by atoms with Crippen LogP contribution in [0, 0.1) is 12.3 Å². The molecular weight excluding hydrogens is 340 g/mol. The van der Waals surface area contributed by atoms with Crippen molar-refractivity contribution in [2.24, 2.45) is 5.41 Å². The summed E-state index contributed by atoms with van der Waals surface area (Å²) in [6, 6.07) is 4.04. The zero-order valence-corrected chi connectivity index (χ0v) is 16.7. The summed E-state index contributed by atoms with van der Waals surface area (Å²) in [5, 5.41) is 15.0. The van der Waals surface area contributed by atoms with Gasteiger partial charge in [0, 0.05) is 36.8 Å². The first-order valence-electron chi connectivity index (χ1n) is 9.09. The van der Waals surface area contributed by atoms with Gasteiger partial charge in [-0.3, -0.25) is 9.48 Å². The smallest absolute Gasteiger partial charge is 0.180 e. The van der Waals surface area contributed by atoms with Gasteiger partial charge >= 0.3 is 0 Å². The Balaban J connectivity index is 2.18. The van der Waals surface area contributed by atoms with Gasteiger partial charge in [0.05, 0.1) is 5.52 Å². The van der Waals surface area contributed by atoms with Crippen LogP contribution in [0.2, 0.25) is 0 Å². The molecule has 0 aliphatic rings. The molecule has 0 fully saturated rings. The van der Waals surface area contributed by atoms with E-state index in [2.05, 4.69) is 41.9 Å². The number of aliphatic hydroxyl groups is 1. The van der Waals surface area contributed by atoms with Crippen LogP contribution < -0.4 is 0 Å². The fourth-order valence-electron chi connectivity index (χ4n) is 3.22. The van der Waals surface area contributed by atoms with Crippen LogP contribution in [0.4, 0.5) is 0 Å². The number of nitrogens with zero attached hydrogens (tertiary/aromatic N) is 4. The van der Waals surface area contributed by atoms with E-state index in [1.807, 2.05) is 17.7 Å². The standard InChI is InChI=1S/C21H26N4O2/c1-12-7-15(16-9-22-20(14(3)27)23-10-16)8-17-18(13(2)26)24-25(19(12)17)11-21(4,5)6/h7-10,14,27H,11H2,1-6H3/t14-/m1/s1. The van der Waals surface area contributed by atoms with Crippen molar-refractivity contribution in [1.82, 2.24) is 19.7 Å². The quantitative estimate of drug-likeness (QED) is 0.703. The summed E-state index contributed by atoms with van der Waals surface area (Å²) in [6.07, 6.45) is 2.69. The molecule has 27 heavy (non-hydrogen) atoms. The lowest BCUT2D eigenvalue weighted by molar-refractivity contribution is 0.101. The highest BCUT2D eigenvalue weighted by Crippen LogP contribution is 2.31. The fraction of sp³-hybridized carbons (Fsp3) is 0.429. The zero-order chi connectivity index (χ0) is 19.9. The number of ketones is 1. The second-order valence-electron chi connectivity index (χ2n) is 8.32.